The monoisotopic (exact) mass is 846 g/mol. The number of benzene rings is 2. The second-order valence-electron chi connectivity index (χ2n) is 17.7. The van der Waals surface area contributed by atoms with Crippen molar-refractivity contribution in [3.63, 3.8) is 0 Å². The quantitative estimate of drug-likeness (QED) is 0.120. The van der Waals surface area contributed by atoms with Gasteiger partial charge < -0.3 is 36.4 Å². The van der Waals surface area contributed by atoms with Gasteiger partial charge in [-0.3, -0.25) is 19.1 Å². The van der Waals surface area contributed by atoms with Gasteiger partial charge in [-0.25, -0.2) is 4.98 Å². The number of carbonyl (C=O) groups excluding carboxylic acids is 3. The van der Waals surface area contributed by atoms with Gasteiger partial charge in [0.25, 0.3) is 0 Å². The molecule has 6 N–H and O–H groups in total. The van der Waals surface area contributed by atoms with Gasteiger partial charge in [0.05, 0.1) is 40.1 Å². The van der Waals surface area contributed by atoms with Crippen LogP contribution in [0.3, 0.4) is 0 Å². The highest BCUT2D eigenvalue weighted by atomic mass is 32.1. The Morgan fingerprint density at radius 2 is 1.69 bits per heavy atom. The lowest BCUT2D eigenvalue weighted by atomic mass is 9.77. The van der Waals surface area contributed by atoms with E-state index in [0.717, 1.165) is 53.2 Å². The van der Waals surface area contributed by atoms with Crippen LogP contribution in [0, 0.1) is 18.3 Å². The number of aryl methyl sites for hydroxylation is 1. The molecule has 8 rings (SSSR count). The van der Waals surface area contributed by atoms with E-state index in [1.807, 2.05) is 80.5 Å². The number of hydrogen-bond acceptors (Lipinski definition) is 12. The number of piperidine rings is 1. The second-order valence-corrected chi connectivity index (χ2v) is 18.6. The van der Waals surface area contributed by atoms with Crippen molar-refractivity contribution in [1.29, 1.82) is 0 Å². The van der Waals surface area contributed by atoms with E-state index in [1.54, 1.807) is 35.7 Å². The van der Waals surface area contributed by atoms with Crippen LogP contribution in [0.25, 0.3) is 32.8 Å². The van der Waals surface area contributed by atoms with Crippen molar-refractivity contribution in [3.8, 4) is 38.6 Å². The van der Waals surface area contributed by atoms with Crippen molar-refractivity contribution < 1.29 is 24.6 Å². The number of aliphatic hydroxyl groups excluding tert-OH is 1. The fraction of sp³-hybridized carbons (Fsp3) is 0.444. The summed E-state index contributed by atoms with van der Waals surface area (Å²) in [7, 11) is 0. The van der Waals surface area contributed by atoms with E-state index < -0.39 is 23.6 Å². The smallest absolute Gasteiger partial charge is 0.246 e. The normalized spacial score (nSPS) is 21.5. The Labute approximate surface area is 359 Å². The number of aromatic hydroxyl groups is 1. The number of likely N-dealkylation sites (tertiary alicyclic amines) is 2. The lowest BCUT2D eigenvalue weighted by molar-refractivity contribution is -0.145. The summed E-state index contributed by atoms with van der Waals surface area (Å²) in [4.78, 5) is 50.8. The second kappa shape index (κ2) is 17.3. The van der Waals surface area contributed by atoms with Gasteiger partial charge in [0, 0.05) is 67.4 Å². The Kier molecular flexibility index (Phi) is 11.9. The van der Waals surface area contributed by atoms with Gasteiger partial charge in [0.1, 0.15) is 17.8 Å². The zero-order valence-electron chi connectivity index (χ0n) is 35.0. The fourth-order valence-electron chi connectivity index (χ4n) is 8.79. The minimum absolute atomic E-state index is 0.0269. The van der Waals surface area contributed by atoms with Crippen molar-refractivity contribution >= 4 is 34.9 Å². The minimum atomic E-state index is -0.868. The number of para-hydroxylation sites is 1. The van der Waals surface area contributed by atoms with Crippen LogP contribution >= 0.6 is 11.3 Å². The van der Waals surface area contributed by atoms with Crippen molar-refractivity contribution in [2.75, 3.05) is 25.4 Å². The molecule has 15 nitrogen and oxygen atoms in total. The first-order chi connectivity index (χ1) is 29.2. The van der Waals surface area contributed by atoms with Crippen molar-refractivity contribution in [1.82, 2.24) is 45.4 Å². The Balaban J connectivity index is 0.826. The highest BCUT2D eigenvalue weighted by Gasteiger charge is 2.46. The average Bonchev–Trinajstić information content (AvgIpc) is 3.99. The molecule has 320 valence electrons. The van der Waals surface area contributed by atoms with E-state index >= 15 is 0 Å². The summed E-state index contributed by atoms with van der Waals surface area (Å²) < 4.78 is 1.99. The number of aromatic nitrogens is 5. The zero-order valence-corrected chi connectivity index (χ0v) is 35.8. The Bertz CT molecular complexity index is 2380. The van der Waals surface area contributed by atoms with Crippen LogP contribution in [0.4, 0.5) is 5.82 Å². The number of carbonyl (C=O) groups is 3. The van der Waals surface area contributed by atoms with Crippen molar-refractivity contribution in [2.45, 2.75) is 96.6 Å². The summed E-state index contributed by atoms with van der Waals surface area (Å²) in [5.74, 6) is -0.665. The molecular weight excluding hydrogens is 793 g/mol. The number of aliphatic hydroxyl groups is 1. The first kappa shape index (κ1) is 42.0. The zero-order chi connectivity index (χ0) is 43.0. The van der Waals surface area contributed by atoms with E-state index in [0.29, 0.717) is 29.7 Å². The Hall–Kier alpha value is -5.71. The number of nitrogens with two attached hydrogens (primary N) is 1. The number of nitrogen functional groups attached to an aromatic ring is 1. The summed E-state index contributed by atoms with van der Waals surface area (Å²) in [6.07, 6.45) is 6.28. The molecule has 0 unspecified atom stereocenters. The van der Waals surface area contributed by atoms with Crippen molar-refractivity contribution in [3.05, 3.63) is 83.8 Å². The third-order valence-electron chi connectivity index (χ3n) is 12.5. The maximum atomic E-state index is 14.2. The molecule has 3 amide bonds. The van der Waals surface area contributed by atoms with Gasteiger partial charge in [0.15, 0.2) is 5.82 Å². The van der Waals surface area contributed by atoms with Gasteiger partial charge in [-0.15, -0.1) is 21.5 Å². The summed E-state index contributed by atoms with van der Waals surface area (Å²) in [5, 5.41) is 40.1. The number of nitrogens with one attached hydrogen (secondary N) is 2. The topological polar surface area (TPSA) is 205 Å². The predicted octanol–water partition coefficient (Wildman–Crippen LogP) is 4.95. The molecule has 3 fully saturated rings. The van der Waals surface area contributed by atoms with Crippen molar-refractivity contribution in [2.24, 2.45) is 11.3 Å². The summed E-state index contributed by atoms with van der Waals surface area (Å²) in [5.41, 5.74) is 13.0. The molecule has 61 heavy (non-hydrogen) atoms. The van der Waals surface area contributed by atoms with Crippen LogP contribution in [0.5, 0.6) is 5.75 Å². The number of phenols is 1. The van der Waals surface area contributed by atoms with Gasteiger partial charge in [-0.2, -0.15) is 5.10 Å². The molecule has 0 radical (unpaired) electrons. The van der Waals surface area contributed by atoms with Crippen LogP contribution < -0.4 is 16.4 Å². The van der Waals surface area contributed by atoms with E-state index in [-0.39, 0.29) is 66.8 Å². The molecule has 3 aliphatic rings. The molecule has 2 aliphatic heterocycles. The molecular formula is C45H54N10O5S. The summed E-state index contributed by atoms with van der Waals surface area (Å²) in [6.45, 7) is 9.74. The van der Waals surface area contributed by atoms with Crippen LogP contribution in [-0.4, -0.2) is 107 Å². The first-order valence-electron chi connectivity index (χ1n) is 21.0. The molecule has 5 heterocycles. The lowest BCUT2D eigenvalue weighted by Gasteiger charge is -2.45. The van der Waals surface area contributed by atoms with Crippen LogP contribution in [0.2, 0.25) is 0 Å². The van der Waals surface area contributed by atoms with Gasteiger partial charge in [-0.05, 0) is 67.3 Å². The maximum absolute atomic E-state index is 14.2. The molecule has 1 aliphatic carbocycles. The molecule has 3 aromatic heterocycles. The fourth-order valence-corrected chi connectivity index (χ4v) is 9.60. The molecule has 2 saturated heterocycles. The van der Waals surface area contributed by atoms with E-state index in [1.165, 1.54) is 4.90 Å². The third kappa shape index (κ3) is 9.02. The molecule has 2 aromatic carbocycles. The SMILES string of the molecule is Cc1ncsc1-c1ccc(CNC(=O)[C@@H]2C[C@@H](O)CN2C(=O)[C@@H](NC(=O)[C@H]2C[C@@H](N3CCC(n4cc(-c5cc(-c6ccccc6O)nnc5N)cn4)CC3)C2)C(C)(C)C)cc1. The number of rotatable bonds is 11. The standard InChI is InChI=1S/C45H54N10O5S/c1-26-39(61-25-48-26)28-11-9-27(10-12-28)21-47-43(59)37-19-33(56)24-54(37)44(60)40(45(2,3)4)50-42(58)29-17-32(18-29)53-15-13-31(14-16-53)55-23-30(22-49-55)35-20-36(51-52-41(35)46)34-7-5-6-8-38(34)57/h5-12,20,22-23,25,29,31-33,37,40,56-57H,13-19,21,24H2,1-4H3,(H2,46,52)(H,47,59)(H,50,58)/t29-,32+,33-,37+,40-/m1/s1. The molecule has 0 spiro atoms. The molecule has 3 atom stereocenters. The lowest BCUT2D eigenvalue weighted by Crippen LogP contribution is -2.60. The Morgan fingerprint density at radius 1 is 0.951 bits per heavy atom. The van der Waals surface area contributed by atoms with E-state index in [2.05, 4.69) is 35.8 Å². The van der Waals surface area contributed by atoms with Gasteiger partial charge in [-0.1, -0.05) is 57.2 Å². The van der Waals surface area contributed by atoms with Gasteiger partial charge >= 0.3 is 0 Å². The van der Waals surface area contributed by atoms with Crippen LogP contribution in [0.15, 0.2) is 72.5 Å². The molecule has 1 saturated carbocycles. The van der Waals surface area contributed by atoms with Crippen LogP contribution in [-0.2, 0) is 20.9 Å². The number of nitrogens with zero attached hydrogens (tertiary/aromatic N) is 7. The van der Waals surface area contributed by atoms with Crippen LogP contribution in [0.1, 0.15) is 70.2 Å². The summed E-state index contributed by atoms with van der Waals surface area (Å²) >= 11 is 1.58. The number of phenolic OH excluding ortho intramolecular Hbond substituents is 1. The first-order valence-corrected chi connectivity index (χ1v) is 21.9. The predicted molar refractivity (Wildman–Crippen MR) is 233 cm³/mol. The summed E-state index contributed by atoms with van der Waals surface area (Å²) in [6, 6.07) is 15.5. The Morgan fingerprint density at radius 3 is 2.38 bits per heavy atom. The van der Waals surface area contributed by atoms with E-state index in [4.69, 9.17) is 5.73 Å². The third-order valence-corrected chi connectivity index (χ3v) is 13.5. The average molecular weight is 847 g/mol. The maximum Gasteiger partial charge on any atom is 0.246 e. The van der Waals surface area contributed by atoms with E-state index in [9.17, 15) is 24.6 Å². The highest BCUT2D eigenvalue weighted by Crippen LogP contribution is 2.37. The minimum Gasteiger partial charge on any atom is -0.507 e. The largest absolute Gasteiger partial charge is 0.507 e. The molecule has 16 heteroatoms. The number of β-amino-alcohol motifs (C(OH)–C–C–N with tert-alkyl or cyclic N) is 1. The number of amides is 3. The molecule has 5 aromatic rings. The number of hydrogen-bond donors (Lipinski definition) is 5. The highest BCUT2D eigenvalue weighted by molar-refractivity contribution is 7.13. The number of thiazole rings is 1. The molecule has 0 bridgehead atoms. The number of anilines is 1. The van der Waals surface area contributed by atoms with Gasteiger partial charge in [0.2, 0.25) is 17.7 Å².